The zero-order valence-electron chi connectivity index (χ0n) is 42.3. The summed E-state index contributed by atoms with van der Waals surface area (Å²) in [4.78, 5) is 5.36. The molecule has 0 amide bonds. The number of hydrogen-bond donors (Lipinski definition) is 0. The van der Waals surface area contributed by atoms with Crippen molar-refractivity contribution < 1.29 is 0 Å². The van der Waals surface area contributed by atoms with Gasteiger partial charge in [0, 0.05) is 37.6 Å². The van der Waals surface area contributed by atoms with Crippen LogP contribution in [0.5, 0.6) is 0 Å². The normalized spacial score (nSPS) is 11.4. The molecule has 2 nitrogen and oxygen atoms in total. The molecule has 4 aromatic rings. The molecule has 0 unspecified atom stereocenters. The Morgan fingerprint density at radius 1 is 0.286 bits per heavy atom. The molecule has 0 bridgehead atoms. The zero-order valence-corrected chi connectivity index (χ0v) is 42.3. The summed E-state index contributed by atoms with van der Waals surface area (Å²) in [7, 11) is 0. The summed E-state index contributed by atoms with van der Waals surface area (Å²) in [6.07, 6.45) is 33.4. The molecular weight excluding hydrogens is 761 g/mol. The molecule has 4 rings (SSSR count). The van der Waals surface area contributed by atoms with Gasteiger partial charge in [-0.3, -0.25) is 0 Å². The molecule has 0 spiro atoms. The van der Waals surface area contributed by atoms with Crippen molar-refractivity contribution in [2.24, 2.45) is 0 Å². The first-order chi connectivity index (χ1) is 30.8. The Labute approximate surface area is 390 Å². The lowest BCUT2D eigenvalue weighted by Gasteiger charge is -2.25. The Kier molecular flexibility index (Phi) is 25.3. The van der Waals surface area contributed by atoms with E-state index in [1.54, 1.807) is 0 Å². The van der Waals surface area contributed by atoms with Crippen LogP contribution in [0, 0.1) is 27.7 Å². The molecule has 0 aliphatic carbocycles. The van der Waals surface area contributed by atoms with Crippen LogP contribution in [0.25, 0.3) is 22.3 Å². The average molecular weight is 855 g/mol. The van der Waals surface area contributed by atoms with E-state index >= 15 is 0 Å². The standard InChI is InChI=1S/C61H94N2/c1-9-13-17-21-25-29-41-62(42-30-26-22-18-14-10-2)58-37-33-54(34-38-58)56-45-50(5)60(51(6)46-56)49-61-52(7)47-57(48-53(61)8)55-35-39-59(40-36-55)63(43-31-27-23-19-15-11-3)44-32-28-24-20-16-12-4/h33-40,45-48H,9-32,41-44,49H2,1-8H3. The molecule has 0 aliphatic rings. The first kappa shape index (κ1) is 52.1. The van der Waals surface area contributed by atoms with Crippen LogP contribution in [0.2, 0.25) is 0 Å². The largest absolute Gasteiger partial charge is 0.372 e. The summed E-state index contributed by atoms with van der Waals surface area (Å²) in [5.41, 5.74) is 16.6. The van der Waals surface area contributed by atoms with Crippen molar-refractivity contribution in [1.29, 1.82) is 0 Å². The molecule has 0 atom stereocenters. The molecule has 0 fully saturated rings. The van der Waals surface area contributed by atoms with Crippen molar-refractivity contribution in [2.45, 2.75) is 216 Å². The van der Waals surface area contributed by atoms with E-state index < -0.39 is 0 Å². The molecule has 0 N–H and O–H groups in total. The molecule has 0 radical (unpaired) electrons. The van der Waals surface area contributed by atoms with Crippen molar-refractivity contribution in [1.82, 2.24) is 0 Å². The van der Waals surface area contributed by atoms with Crippen molar-refractivity contribution >= 4 is 11.4 Å². The molecule has 0 saturated heterocycles. The van der Waals surface area contributed by atoms with Crippen LogP contribution in [0.1, 0.15) is 215 Å². The third-order valence-electron chi connectivity index (χ3n) is 14.0. The number of aryl methyl sites for hydroxylation is 4. The van der Waals surface area contributed by atoms with E-state index in [9.17, 15) is 0 Å². The zero-order chi connectivity index (χ0) is 45.1. The van der Waals surface area contributed by atoms with Crippen LogP contribution in [-0.4, -0.2) is 26.2 Å². The van der Waals surface area contributed by atoms with E-state index in [-0.39, 0.29) is 0 Å². The van der Waals surface area contributed by atoms with Gasteiger partial charge in [0.2, 0.25) is 0 Å². The van der Waals surface area contributed by atoms with Crippen molar-refractivity contribution in [3.8, 4) is 22.3 Å². The number of unbranched alkanes of at least 4 members (excludes halogenated alkanes) is 20. The lowest BCUT2D eigenvalue weighted by Crippen LogP contribution is -2.25. The summed E-state index contributed by atoms with van der Waals surface area (Å²) >= 11 is 0. The summed E-state index contributed by atoms with van der Waals surface area (Å²) < 4.78 is 0. The van der Waals surface area contributed by atoms with Gasteiger partial charge in [0.1, 0.15) is 0 Å². The number of hydrogen-bond acceptors (Lipinski definition) is 2. The van der Waals surface area contributed by atoms with Gasteiger partial charge in [0.25, 0.3) is 0 Å². The minimum absolute atomic E-state index is 0.978. The molecule has 4 aromatic carbocycles. The van der Waals surface area contributed by atoms with Crippen molar-refractivity contribution in [3.05, 3.63) is 106 Å². The predicted octanol–water partition coefficient (Wildman–Crippen LogP) is 18.9. The van der Waals surface area contributed by atoms with Gasteiger partial charge in [-0.1, -0.05) is 205 Å². The second-order valence-corrected chi connectivity index (χ2v) is 19.5. The highest BCUT2D eigenvalue weighted by molar-refractivity contribution is 5.71. The minimum atomic E-state index is 0.978. The SMILES string of the molecule is CCCCCCCCN(CCCCCCCC)c1ccc(-c2cc(C)c(Cc3c(C)cc(-c4ccc(N(CCCCCCCC)CCCCCCCC)cc4)cc3C)c(C)c2)cc1. The number of rotatable bonds is 34. The molecular formula is C61H94N2. The summed E-state index contributed by atoms with van der Waals surface area (Å²) in [6.45, 7) is 23.3. The van der Waals surface area contributed by atoms with Gasteiger partial charge in [-0.15, -0.1) is 0 Å². The molecule has 0 aromatic heterocycles. The highest BCUT2D eigenvalue weighted by Gasteiger charge is 2.15. The maximum Gasteiger partial charge on any atom is 0.0366 e. The molecule has 0 heterocycles. The third kappa shape index (κ3) is 18.5. The number of nitrogens with zero attached hydrogens (tertiary/aromatic N) is 2. The fraction of sp³-hybridized carbons (Fsp3) is 0.607. The van der Waals surface area contributed by atoms with Crippen LogP contribution in [-0.2, 0) is 6.42 Å². The van der Waals surface area contributed by atoms with Crippen molar-refractivity contribution in [2.75, 3.05) is 36.0 Å². The fourth-order valence-electron chi connectivity index (χ4n) is 9.86. The Balaban J connectivity index is 1.42. The Hall–Kier alpha value is -3.52. The second-order valence-electron chi connectivity index (χ2n) is 19.5. The van der Waals surface area contributed by atoms with Gasteiger partial charge in [0.15, 0.2) is 0 Å². The van der Waals surface area contributed by atoms with E-state index in [0.29, 0.717) is 0 Å². The topological polar surface area (TPSA) is 6.48 Å². The highest BCUT2D eigenvalue weighted by Crippen LogP contribution is 2.33. The lowest BCUT2D eigenvalue weighted by atomic mass is 9.87. The van der Waals surface area contributed by atoms with Crippen molar-refractivity contribution in [3.63, 3.8) is 0 Å². The molecule has 0 saturated carbocycles. The average Bonchev–Trinajstić information content (AvgIpc) is 3.28. The van der Waals surface area contributed by atoms with Crippen LogP contribution in [0.3, 0.4) is 0 Å². The first-order valence-electron chi connectivity index (χ1n) is 26.7. The van der Waals surface area contributed by atoms with Gasteiger partial charge in [0.05, 0.1) is 0 Å². The molecule has 348 valence electrons. The Morgan fingerprint density at radius 3 is 0.778 bits per heavy atom. The quantitative estimate of drug-likeness (QED) is 0.0432. The number of benzene rings is 4. The van der Waals surface area contributed by atoms with E-state index in [1.165, 1.54) is 247 Å². The highest BCUT2D eigenvalue weighted by atomic mass is 15.1. The summed E-state index contributed by atoms with van der Waals surface area (Å²) in [5.74, 6) is 0. The minimum Gasteiger partial charge on any atom is -0.372 e. The van der Waals surface area contributed by atoms with Gasteiger partial charge < -0.3 is 9.80 Å². The fourth-order valence-corrected chi connectivity index (χ4v) is 9.86. The van der Waals surface area contributed by atoms with Gasteiger partial charge in [-0.05, 0) is 140 Å². The number of anilines is 2. The monoisotopic (exact) mass is 855 g/mol. The lowest BCUT2D eigenvalue weighted by molar-refractivity contribution is 0.575. The molecule has 63 heavy (non-hydrogen) atoms. The van der Waals surface area contributed by atoms with Crippen LogP contribution in [0.4, 0.5) is 11.4 Å². The van der Waals surface area contributed by atoms with E-state index in [1.807, 2.05) is 0 Å². The Bertz CT molecular complexity index is 1590. The van der Waals surface area contributed by atoms with E-state index in [2.05, 4.69) is 138 Å². The van der Waals surface area contributed by atoms with Crippen LogP contribution in [0.15, 0.2) is 72.8 Å². The maximum absolute atomic E-state index is 2.68. The first-order valence-corrected chi connectivity index (χ1v) is 26.7. The van der Waals surface area contributed by atoms with E-state index in [4.69, 9.17) is 0 Å². The Morgan fingerprint density at radius 2 is 0.524 bits per heavy atom. The summed E-state index contributed by atoms with van der Waals surface area (Å²) in [5, 5.41) is 0. The summed E-state index contributed by atoms with van der Waals surface area (Å²) in [6, 6.07) is 28.8. The predicted molar refractivity (Wildman–Crippen MR) is 283 cm³/mol. The smallest absolute Gasteiger partial charge is 0.0366 e. The van der Waals surface area contributed by atoms with Gasteiger partial charge >= 0.3 is 0 Å². The molecule has 2 heteroatoms. The third-order valence-corrected chi connectivity index (χ3v) is 14.0. The van der Waals surface area contributed by atoms with Gasteiger partial charge in [-0.2, -0.15) is 0 Å². The van der Waals surface area contributed by atoms with Gasteiger partial charge in [-0.25, -0.2) is 0 Å². The van der Waals surface area contributed by atoms with Crippen LogP contribution < -0.4 is 9.80 Å². The van der Waals surface area contributed by atoms with Crippen LogP contribution >= 0.6 is 0 Å². The second kappa shape index (κ2) is 30.6. The maximum atomic E-state index is 2.68. The molecule has 0 aliphatic heterocycles. The van der Waals surface area contributed by atoms with E-state index in [0.717, 1.165) is 6.42 Å².